The van der Waals surface area contributed by atoms with E-state index in [1.165, 1.54) is 0 Å². The van der Waals surface area contributed by atoms with Gasteiger partial charge in [0.15, 0.2) is 0 Å². The Balaban J connectivity index is -0.000000341. The molecule has 2 fully saturated rings. The van der Waals surface area contributed by atoms with Crippen molar-refractivity contribution in [3.05, 3.63) is 0 Å². The zero-order valence-electron chi connectivity index (χ0n) is 16.3. The third kappa shape index (κ3) is 21.9. The van der Waals surface area contributed by atoms with E-state index < -0.39 is 20.5 Å². The van der Waals surface area contributed by atoms with Gasteiger partial charge in [0.25, 0.3) is 0 Å². The number of hydrogen-bond acceptors (Lipinski definition) is 8. The molecule has 2 heterocycles. The van der Waals surface area contributed by atoms with Gasteiger partial charge >= 0.3 is 11.9 Å². The number of carbonyl (C=O) groups excluding carboxylic acids is 4. The van der Waals surface area contributed by atoms with Crippen LogP contribution in [0.4, 0.5) is 0 Å². The van der Waals surface area contributed by atoms with E-state index in [0.717, 1.165) is 51.9 Å². The molecule has 0 aromatic heterocycles. The fourth-order valence-electron chi connectivity index (χ4n) is 2.37. The SMILES string of the molecule is O=C([S-])C(=O)[S-].O=C([S-])C(=O)[S-].OC(=[OH+])C1CC[NH2+]CC1.OC(=[OH+])C1CC[NH2+]CC1.[Ni]. The van der Waals surface area contributed by atoms with E-state index in [2.05, 4.69) is 61.1 Å². The maximum absolute atomic E-state index is 9.50. The van der Waals surface area contributed by atoms with Gasteiger partial charge in [0.05, 0.1) is 46.6 Å². The van der Waals surface area contributed by atoms with Crippen LogP contribution >= 0.6 is 0 Å². The first-order valence-corrected chi connectivity index (χ1v) is 10.5. The summed E-state index contributed by atoms with van der Waals surface area (Å²) in [6.45, 7) is 4.09. The van der Waals surface area contributed by atoms with Crippen molar-refractivity contribution in [2.24, 2.45) is 11.8 Å². The summed E-state index contributed by atoms with van der Waals surface area (Å²) in [6, 6.07) is 0. The van der Waals surface area contributed by atoms with E-state index in [-0.39, 0.29) is 40.3 Å². The zero-order valence-corrected chi connectivity index (χ0v) is 20.6. The van der Waals surface area contributed by atoms with Crippen molar-refractivity contribution < 1.29 is 66.1 Å². The van der Waals surface area contributed by atoms with E-state index >= 15 is 0 Å². The summed E-state index contributed by atoms with van der Waals surface area (Å²) in [7, 11) is 0. The van der Waals surface area contributed by atoms with Gasteiger partial charge in [0.1, 0.15) is 11.8 Å². The third-order valence-corrected chi connectivity index (χ3v) is 4.94. The number of aliphatic carboxylic acids is 2. The number of carbonyl (C=O) groups is 4. The van der Waals surface area contributed by atoms with Gasteiger partial charge in [-0.05, 0) is 0 Å². The first-order chi connectivity index (χ1) is 13.9. The molecular weight excluding hydrogens is 535 g/mol. The number of aliphatic hydroxyl groups excluding tert-OH is 2. The fraction of sp³-hybridized carbons (Fsp3) is 0.625. The molecular formula is C16H26N2NiO8S4. The number of piperidine rings is 2. The average molecular weight is 561 g/mol. The molecule has 0 aliphatic carbocycles. The fourth-order valence-corrected chi connectivity index (χ4v) is 2.37. The molecule has 0 atom stereocenters. The van der Waals surface area contributed by atoms with Crippen molar-refractivity contribution in [3.8, 4) is 0 Å². The van der Waals surface area contributed by atoms with Gasteiger partial charge in [-0.25, -0.2) is 0 Å². The van der Waals surface area contributed by atoms with Crippen LogP contribution in [0.15, 0.2) is 0 Å². The van der Waals surface area contributed by atoms with Crippen LogP contribution in [-0.4, -0.2) is 78.4 Å². The molecule has 31 heavy (non-hydrogen) atoms. The van der Waals surface area contributed by atoms with Crippen LogP contribution in [0, 0.1) is 11.8 Å². The van der Waals surface area contributed by atoms with Gasteiger partial charge in [-0.15, -0.1) is 0 Å². The molecule has 2 aliphatic rings. The van der Waals surface area contributed by atoms with Crippen LogP contribution in [0.2, 0.25) is 0 Å². The van der Waals surface area contributed by atoms with Crippen LogP contribution in [0.5, 0.6) is 0 Å². The van der Waals surface area contributed by atoms with Gasteiger partial charge in [-0.3, -0.25) is 0 Å². The van der Waals surface area contributed by atoms with Crippen molar-refractivity contribution in [3.63, 3.8) is 0 Å². The molecule has 0 bridgehead atoms. The van der Waals surface area contributed by atoms with E-state index in [1.807, 2.05) is 0 Å². The van der Waals surface area contributed by atoms with Gasteiger partial charge in [0.2, 0.25) is 0 Å². The van der Waals surface area contributed by atoms with E-state index in [1.54, 1.807) is 0 Å². The van der Waals surface area contributed by atoms with E-state index in [4.69, 9.17) is 19.8 Å². The molecule has 2 rings (SSSR count). The number of nitrogens with two attached hydrogens (primary N) is 2. The smallest absolute Gasteiger partial charge is 0.484 e. The molecule has 10 nitrogen and oxygen atoms in total. The maximum Gasteiger partial charge on any atom is 0.484 e. The molecule has 0 amide bonds. The van der Waals surface area contributed by atoms with Crippen LogP contribution in [0.1, 0.15) is 25.7 Å². The first-order valence-electron chi connectivity index (χ1n) is 8.87. The normalized spacial score (nSPS) is 15.5. The third-order valence-electron chi connectivity index (χ3n) is 3.94. The Morgan fingerprint density at radius 3 is 0.903 bits per heavy atom. The molecule has 15 heteroatoms. The molecule has 0 unspecified atom stereocenters. The van der Waals surface area contributed by atoms with Gasteiger partial charge in [-0.1, -0.05) is 0 Å². The first kappa shape index (κ1) is 34.5. The molecule has 182 valence electrons. The van der Waals surface area contributed by atoms with E-state index in [9.17, 15) is 19.2 Å². The Morgan fingerprint density at radius 1 is 0.613 bits per heavy atom. The second kappa shape index (κ2) is 20.8. The van der Waals surface area contributed by atoms with Crippen molar-refractivity contribution in [2.45, 2.75) is 25.7 Å². The maximum atomic E-state index is 9.50. The van der Waals surface area contributed by atoms with Gasteiger partial charge in [0, 0.05) is 42.2 Å². The van der Waals surface area contributed by atoms with Crippen LogP contribution in [-0.2, 0) is 86.2 Å². The molecule has 2 aliphatic heterocycles. The summed E-state index contributed by atoms with van der Waals surface area (Å²) in [6.07, 6.45) is 3.62. The number of rotatable bonds is 4. The summed E-state index contributed by atoms with van der Waals surface area (Å²) in [5.41, 5.74) is 0. The Bertz CT molecular complexity index is 536. The molecule has 8 N–H and O–H groups in total. The number of quaternary nitrogens is 2. The summed E-state index contributed by atoms with van der Waals surface area (Å²) in [5, 5.41) is 17.7. The quantitative estimate of drug-likeness (QED) is 0.115. The standard InChI is InChI=1S/2C6H11NO2.2C2H2O2S2.Ni/c2*8-6(9)5-1-3-7-4-2-5;2*3-1(5)2(4)6;/h2*5,7H,1-4H2,(H,8,9);2*(H,3,5)(H,4,6);. The largest absolute Gasteiger partial charge is 0.736 e. The van der Waals surface area contributed by atoms with Crippen molar-refractivity contribution in [1.29, 1.82) is 0 Å². The minimum absolute atomic E-state index is 0. The second-order valence-corrected chi connectivity index (χ2v) is 7.63. The predicted octanol–water partition coefficient (Wildman–Crippen LogP) is -3.70. The summed E-state index contributed by atoms with van der Waals surface area (Å²) >= 11 is 15.2. The zero-order chi connectivity index (χ0) is 23.7. The topological polar surface area (TPSA) is 185 Å². The minimum Gasteiger partial charge on any atom is -0.736 e. The minimum atomic E-state index is -0.981. The molecule has 2 saturated heterocycles. The predicted molar refractivity (Wildman–Crippen MR) is 117 cm³/mol. The van der Waals surface area contributed by atoms with Crippen LogP contribution < -0.4 is 10.6 Å². The average Bonchev–Trinajstić information content (AvgIpc) is 2.70. The summed E-state index contributed by atoms with van der Waals surface area (Å²) in [4.78, 5) is 55.3. The van der Waals surface area contributed by atoms with Crippen LogP contribution in [0.3, 0.4) is 0 Å². The van der Waals surface area contributed by atoms with Gasteiger partial charge in [-0.2, -0.15) is 0 Å². The van der Waals surface area contributed by atoms with Crippen molar-refractivity contribution in [1.82, 2.24) is 0 Å². The molecule has 0 saturated carbocycles. The Morgan fingerprint density at radius 2 is 0.806 bits per heavy atom. The molecule has 0 aromatic rings. The second-order valence-electron chi connectivity index (χ2n) is 6.15. The van der Waals surface area contributed by atoms with Gasteiger partial charge < -0.3 is 100 Å². The Labute approximate surface area is 212 Å². The molecule has 0 radical (unpaired) electrons. The van der Waals surface area contributed by atoms with Crippen LogP contribution in [0.25, 0.3) is 0 Å². The number of carboxylic acids is 2. The van der Waals surface area contributed by atoms with Crippen molar-refractivity contribution >= 4 is 82.9 Å². The van der Waals surface area contributed by atoms with E-state index in [0.29, 0.717) is 0 Å². The Hall–Kier alpha value is -1.09. The number of hydrogen-bond donors (Lipinski definition) is 4. The molecule has 0 spiro atoms. The van der Waals surface area contributed by atoms with Crippen molar-refractivity contribution in [2.75, 3.05) is 26.2 Å². The summed E-state index contributed by atoms with van der Waals surface area (Å²) < 4.78 is 0. The Kier molecular flexibility index (Phi) is 23.2. The number of carboxylic acid groups (broad SMARTS) is 2. The summed E-state index contributed by atoms with van der Waals surface area (Å²) in [5.74, 6) is -0.642. The monoisotopic (exact) mass is 560 g/mol. The molecule has 0 aromatic carbocycles.